The Morgan fingerprint density at radius 2 is 1.49 bits per heavy atom. The van der Waals surface area contributed by atoms with E-state index in [0.29, 0.717) is 11.4 Å². The summed E-state index contributed by atoms with van der Waals surface area (Å²) in [5.41, 5.74) is 1.12. The fraction of sp³-hybridized carbons (Fsp3) is 0.231. The molecule has 3 aromatic rings. The van der Waals surface area contributed by atoms with Crippen LogP contribution >= 0.6 is 0 Å². The van der Waals surface area contributed by atoms with Gasteiger partial charge >= 0.3 is 0 Å². The number of amides is 2. The highest BCUT2D eigenvalue weighted by Gasteiger charge is 2.32. The van der Waals surface area contributed by atoms with Crippen molar-refractivity contribution in [1.29, 1.82) is 0 Å². The Labute approximate surface area is 206 Å². The van der Waals surface area contributed by atoms with Crippen molar-refractivity contribution in [3.05, 3.63) is 90.5 Å². The molecule has 0 aliphatic rings. The molecule has 1 atom stereocenters. The SMILES string of the molecule is CNC(=O)C(C)N(Cc1ccccc1)C(=O)CN(c1ccc(OC)cc1)S(=O)(=O)c1ccccc1. The molecule has 2 amide bonds. The summed E-state index contributed by atoms with van der Waals surface area (Å²) < 4.78 is 33.5. The van der Waals surface area contributed by atoms with Gasteiger partial charge in [-0.3, -0.25) is 13.9 Å². The summed E-state index contributed by atoms with van der Waals surface area (Å²) in [4.78, 5) is 27.5. The first-order valence-corrected chi connectivity index (χ1v) is 12.5. The van der Waals surface area contributed by atoms with Gasteiger partial charge in [-0.05, 0) is 48.9 Å². The highest BCUT2D eigenvalue weighted by Crippen LogP contribution is 2.26. The lowest BCUT2D eigenvalue weighted by molar-refractivity contribution is -0.139. The molecule has 0 saturated heterocycles. The van der Waals surface area contributed by atoms with E-state index in [-0.39, 0.29) is 17.3 Å². The van der Waals surface area contributed by atoms with Crippen LogP contribution in [0, 0.1) is 0 Å². The topological polar surface area (TPSA) is 96.0 Å². The van der Waals surface area contributed by atoms with E-state index in [1.807, 2.05) is 30.3 Å². The van der Waals surface area contributed by atoms with Gasteiger partial charge in [0.1, 0.15) is 18.3 Å². The Bertz CT molecular complexity index is 1230. The maximum Gasteiger partial charge on any atom is 0.264 e. The van der Waals surface area contributed by atoms with Crippen LogP contribution in [0.25, 0.3) is 0 Å². The normalized spacial score (nSPS) is 11.9. The van der Waals surface area contributed by atoms with Crippen molar-refractivity contribution >= 4 is 27.5 Å². The lowest BCUT2D eigenvalue weighted by atomic mass is 10.1. The third-order valence-corrected chi connectivity index (χ3v) is 7.37. The van der Waals surface area contributed by atoms with E-state index in [2.05, 4.69) is 5.32 Å². The van der Waals surface area contributed by atoms with Crippen molar-refractivity contribution in [1.82, 2.24) is 10.2 Å². The number of ether oxygens (including phenoxy) is 1. The molecule has 0 aromatic heterocycles. The quantitative estimate of drug-likeness (QED) is 0.466. The highest BCUT2D eigenvalue weighted by molar-refractivity contribution is 7.92. The molecule has 8 nitrogen and oxygen atoms in total. The molecule has 1 unspecified atom stereocenters. The molecule has 35 heavy (non-hydrogen) atoms. The largest absolute Gasteiger partial charge is 0.497 e. The Hall–Kier alpha value is -3.85. The van der Waals surface area contributed by atoms with Crippen molar-refractivity contribution < 1.29 is 22.7 Å². The molecule has 0 bridgehead atoms. The number of anilines is 1. The second-order valence-electron chi connectivity index (χ2n) is 7.82. The van der Waals surface area contributed by atoms with Gasteiger partial charge in [-0.15, -0.1) is 0 Å². The number of carbonyl (C=O) groups excluding carboxylic acids is 2. The van der Waals surface area contributed by atoms with Crippen LogP contribution in [0.2, 0.25) is 0 Å². The van der Waals surface area contributed by atoms with Crippen LogP contribution in [0.1, 0.15) is 12.5 Å². The van der Waals surface area contributed by atoms with E-state index in [9.17, 15) is 18.0 Å². The number of carbonyl (C=O) groups is 2. The summed E-state index contributed by atoms with van der Waals surface area (Å²) >= 11 is 0. The first-order chi connectivity index (χ1) is 16.8. The number of hydrogen-bond acceptors (Lipinski definition) is 5. The van der Waals surface area contributed by atoms with Gasteiger partial charge in [0.05, 0.1) is 17.7 Å². The molecule has 1 N–H and O–H groups in total. The first kappa shape index (κ1) is 25.8. The average Bonchev–Trinajstić information content (AvgIpc) is 2.90. The molecular formula is C26H29N3O5S. The summed E-state index contributed by atoms with van der Waals surface area (Å²) in [7, 11) is -1.08. The summed E-state index contributed by atoms with van der Waals surface area (Å²) in [6.45, 7) is 1.27. The van der Waals surface area contributed by atoms with Gasteiger partial charge in [-0.1, -0.05) is 48.5 Å². The summed E-state index contributed by atoms with van der Waals surface area (Å²) in [5.74, 6) is -0.312. The minimum Gasteiger partial charge on any atom is -0.497 e. The van der Waals surface area contributed by atoms with Crippen LogP contribution in [-0.2, 0) is 26.2 Å². The van der Waals surface area contributed by atoms with Gasteiger partial charge in [-0.25, -0.2) is 8.42 Å². The standard InChI is InChI=1S/C26H29N3O5S/c1-20(26(31)27-2)28(18-21-10-6-4-7-11-21)25(30)19-29(22-14-16-23(34-3)17-15-22)35(32,33)24-12-8-5-9-13-24/h4-17,20H,18-19H2,1-3H3,(H,27,31). The van der Waals surface area contributed by atoms with E-state index in [4.69, 9.17) is 4.74 Å². The second-order valence-corrected chi connectivity index (χ2v) is 9.68. The third kappa shape index (κ3) is 6.19. The molecule has 0 fully saturated rings. The van der Waals surface area contributed by atoms with E-state index in [1.165, 1.54) is 31.2 Å². The van der Waals surface area contributed by atoms with E-state index in [0.717, 1.165) is 9.87 Å². The number of rotatable bonds is 10. The van der Waals surface area contributed by atoms with Gasteiger partial charge in [0, 0.05) is 13.6 Å². The summed E-state index contributed by atoms with van der Waals surface area (Å²) in [6.07, 6.45) is 0. The predicted octanol–water partition coefficient (Wildman–Crippen LogP) is 3.05. The van der Waals surface area contributed by atoms with Crippen LogP contribution in [-0.4, -0.2) is 51.9 Å². The summed E-state index contributed by atoms with van der Waals surface area (Å²) in [6, 6.07) is 22.7. The molecule has 0 aliphatic carbocycles. The Morgan fingerprint density at radius 1 is 0.914 bits per heavy atom. The van der Waals surface area contributed by atoms with Gasteiger partial charge in [0.15, 0.2) is 0 Å². The lowest BCUT2D eigenvalue weighted by Gasteiger charge is -2.31. The first-order valence-electron chi connectivity index (χ1n) is 11.0. The van der Waals surface area contributed by atoms with Gasteiger partial charge in [-0.2, -0.15) is 0 Å². The molecule has 3 rings (SSSR count). The highest BCUT2D eigenvalue weighted by atomic mass is 32.2. The molecule has 0 heterocycles. The monoisotopic (exact) mass is 495 g/mol. The van der Waals surface area contributed by atoms with E-state index >= 15 is 0 Å². The lowest BCUT2D eigenvalue weighted by Crippen LogP contribution is -2.50. The van der Waals surface area contributed by atoms with Crippen LogP contribution in [0.4, 0.5) is 5.69 Å². The van der Waals surface area contributed by atoms with Crippen molar-refractivity contribution in [2.24, 2.45) is 0 Å². The van der Waals surface area contributed by atoms with Gasteiger partial charge in [0.25, 0.3) is 10.0 Å². The summed E-state index contributed by atoms with van der Waals surface area (Å²) in [5, 5.41) is 2.56. The maximum absolute atomic E-state index is 13.6. The number of sulfonamides is 1. The number of methoxy groups -OCH3 is 1. The number of benzene rings is 3. The van der Waals surface area contributed by atoms with Crippen LogP contribution in [0.3, 0.4) is 0 Å². The third-order valence-electron chi connectivity index (χ3n) is 5.58. The molecule has 0 spiro atoms. The molecule has 0 aliphatic heterocycles. The van der Waals surface area contributed by atoms with E-state index in [1.54, 1.807) is 49.4 Å². The molecule has 184 valence electrons. The zero-order valence-corrected chi connectivity index (χ0v) is 20.7. The molecular weight excluding hydrogens is 466 g/mol. The number of hydrogen-bond donors (Lipinski definition) is 1. The van der Waals surface area contributed by atoms with Crippen molar-refractivity contribution in [3.8, 4) is 5.75 Å². The Kier molecular flexibility index (Phi) is 8.48. The number of nitrogens with one attached hydrogen (secondary N) is 1. The number of likely N-dealkylation sites (N-methyl/N-ethyl adjacent to an activating group) is 1. The van der Waals surface area contributed by atoms with Crippen molar-refractivity contribution in [2.45, 2.75) is 24.4 Å². The van der Waals surface area contributed by atoms with Gasteiger partial charge < -0.3 is 15.0 Å². The average molecular weight is 496 g/mol. The fourth-order valence-corrected chi connectivity index (χ4v) is 5.00. The van der Waals surface area contributed by atoms with Gasteiger partial charge in [0.2, 0.25) is 11.8 Å². The Morgan fingerprint density at radius 3 is 2.03 bits per heavy atom. The second kappa shape index (κ2) is 11.5. The van der Waals surface area contributed by atoms with Crippen LogP contribution in [0.5, 0.6) is 5.75 Å². The smallest absolute Gasteiger partial charge is 0.264 e. The van der Waals surface area contributed by atoms with Crippen LogP contribution in [0.15, 0.2) is 89.8 Å². The molecule has 0 saturated carbocycles. The zero-order chi connectivity index (χ0) is 25.4. The number of nitrogens with zero attached hydrogens (tertiary/aromatic N) is 2. The fourth-order valence-electron chi connectivity index (χ4n) is 3.57. The minimum atomic E-state index is -4.08. The van der Waals surface area contributed by atoms with Crippen molar-refractivity contribution in [2.75, 3.05) is 25.0 Å². The molecule has 3 aromatic carbocycles. The van der Waals surface area contributed by atoms with Crippen molar-refractivity contribution in [3.63, 3.8) is 0 Å². The molecule has 9 heteroatoms. The predicted molar refractivity (Wildman–Crippen MR) is 134 cm³/mol. The Balaban J connectivity index is 2.01. The minimum absolute atomic E-state index is 0.0533. The van der Waals surface area contributed by atoms with E-state index < -0.39 is 28.5 Å². The zero-order valence-electron chi connectivity index (χ0n) is 19.9. The maximum atomic E-state index is 13.6. The molecule has 0 radical (unpaired) electrons. The van der Waals surface area contributed by atoms with Crippen LogP contribution < -0.4 is 14.4 Å².